The number of hydrogen-bond donors (Lipinski definition) is 3. The van der Waals surface area contributed by atoms with Crippen molar-refractivity contribution in [2.24, 2.45) is 0 Å². The number of aromatic amines is 1. The number of aromatic nitrogens is 1. The minimum atomic E-state index is 0.301. The first-order valence-corrected chi connectivity index (χ1v) is 11.3. The van der Waals surface area contributed by atoms with Crippen LogP contribution in [0, 0.1) is 13.8 Å². The van der Waals surface area contributed by atoms with Gasteiger partial charge in [0.2, 0.25) is 0 Å². The zero-order chi connectivity index (χ0) is 22.1. The average molecular weight is 413 g/mol. The quantitative estimate of drug-likeness (QED) is 0.291. The lowest BCUT2D eigenvalue weighted by atomic mass is 9.88. The Balaban J connectivity index is 2.04. The second-order valence-corrected chi connectivity index (χ2v) is 8.57. The van der Waals surface area contributed by atoms with Gasteiger partial charge in [-0.2, -0.15) is 0 Å². The number of fused-ring (bicyclic) bond motifs is 1. The summed E-state index contributed by atoms with van der Waals surface area (Å²) >= 11 is 0. The molecule has 1 heterocycles. The van der Waals surface area contributed by atoms with E-state index in [-0.39, 0.29) is 0 Å². The topological polar surface area (TPSA) is 62.0 Å². The molecule has 0 aliphatic heterocycles. The van der Waals surface area contributed by atoms with Crippen LogP contribution in [-0.4, -0.2) is 10.1 Å². The summed E-state index contributed by atoms with van der Waals surface area (Å²) in [6.07, 6.45) is 3.70. The van der Waals surface area contributed by atoms with Crippen molar-refractivity contribution in [1.29, 1.82) is 0 Å². The Kier molecular flexibility index (Phi) is 5.77. The molecule has 0 unspecified atom stereocenters. The second-order valence-electron chi connectivity index (χ2n) is 8.57. The summed E-state index contributed by atoms with van der Waals surface area (Å²) in [6, 6.07) is 16.9. The van der Waals surface area contributed by atoms with E-state index >= 15 is 0 Å². The molecule has 0 bridgehead atoms. The average Bonchev–Trinajstić information content (AvgIpc) is 3.12. The maximum atomic E-state index is 10.9. The molecule has 4 rings (SSSR count). The first-order valence-electron chi connectivity index (χ1n) is 11.3. The summed E-state index contributed by atoms with van der Waals surface area (Å²) in [4.78, 5) is 3.65. The van der Waals surface area contributed by atoms with Crippen molar-refractivity contribution in [3.8, 4) is 28.1 Å². The van der Waals surface area contributed by atoms with Crippen LogP contribution in [0.3, 0.4) is 0 Å². The number of anilines is 1. The summed E-state index contributed by atoms with van der Waals surface area (Å²) < 4.78 is 0. The molecule has 0 radical (unpaired) electrons. The van der Waals surface area contributed by atoms with Gasteiger partial charge < -0.3 is 15.8 Å². The van der Waals surface area contributed by atoms with E-state index in [0.717, 1.165) is 75.8 Å². The fraction of sp³-hybridized carbons (Fsp3) is 0.286. The van der Waals surface area contributed by atoms with Crippen LogP contribution in [0.15, 0.2) is 48.5 Å². The SMILES string of the molecule is CCCCc1c(O)cc(-c2c(-c3cc(C)cc(C)c3)[nH]c3ccccc23)c(CC)c1N. The molecule has 31 heavy (non-hydrogen) atoms. The number of para-hydroxylation sites is 1. The van der Waals surface area contributed by atoms with E-state index in [2.05, 4.69) is 69.1 Å². The van der Waals surface area contributed by atoms with Gasteiger partial charge in [0.1, 0.15) is 5.75 Å². The molecule has 0 saturated heterocycles. The van der Waals surface area contributed by atoms with Gasteiger partial charge in [0.05, 0.1) is 5.69 Å². The Bertz CT molecular complexity index is 1230. The van der Waals surface area contributed by atoms with Gasteiger partial charge in [-0.1, -0.05) is 55.7 Å². The summed E-state index contributed by atoms with van der Waals surface area (Å²) in [5.41, 5.74) is 17.3. The van der Waals surface area contributed by atoms with E-state index in [1.165, 1.54) is 11.1 Å². The molecular formula is C28H32N2O. The monoisotopic (exact) mass is 412 g/mol. The first kappa shape index (κ1) is 21.0. The summed E-state index contributed by atoms with van der Waals surface area (Å²) in [5, 5.41) is 12.1. The Morgan fingerprint density at radius 2 is 1.65 bits per heavy atom. The van der Waals surface area contributed by atoms with Gasteiger partial charge in [0.15, 0.2) is 0 Å². The lowest BCUT2D eigenvalue weighted by molar-refractivity contribution is 0.467. The molecule has 3 heteroatoms. The van der Waals surface area contributed by atoms with Crippen LogP contribution in [0.2, 0.25) is 0 Å². The zero-order valence-electron chi connectivity index (χ0n) is 19.0. The van der Waals surface area contributed by atoms with Crippen molar-refractivity contribution in [2.45, 2.75) is 53.4 Å². The number of unbranched alkanes of at least 4 members (excludes halogenated alkanes) is 1. The van der Waals surface area contributed by atoms with Crippen LogP contribution < -0.4 is 5.73 Å². The highest BCUT2D eigenvalue weighted by Crippen LogP contribution is 2.44. The predicted molar refractivity (Wildman–Crippen MR) is 133 cm³/mol. The highest BCUT2D eigenvalue weighted by atomic mass is 16.3. The number of aryl methyl sites for hydroxylation is 2. The van der Waals surface area contributed by atoms with Gasteiger partial charge in [0, 0.05) is 27.7 Å². The number of phenols is 1. The van der Waals surface area contributed by atoms with Crippen LogP contribution >= 0.6 is 0 Å². The van der Waals surface area contributed by atoms with Crippen molar-refractivity contribution in [2.75, 3.05) is 5.73 Å². The maximum Gasteiger partial charge on any atom is 0.121 e. The van der Waals surface area contributed by atoms with Crippen LogP contribution in [-0.2, 0) is 12.8 Å². The minimum absolute atomic E-state index is 0.301. The largest absolute Gasteiger partial charge is 0.508 e. The number of aromatic hydroxyl groups is 1. The minimum Gasteiger partial charge on any atom is -0.508 e. The van der Waals surface area contributed by atoms with Crippen molar-refractivity contribution in [3.63, 3.8) is 0 Å². The molecular weight excluding hydrogens is 380 g/mol. The van der Waals surface area contributed by atoms with Crippen LogP contribution in [0.25, 0.3) is 33.3 Å². The number of nitrogens with one attached hydrogen (secondary N) is 1. The van der Waals surface area contributed by atoms with E-state index in [9.17, 15) is 5.11 Å². The van der Waals surface area contributed by atoms with Crippen molar-refractivity contribution < 1.29 is 5.11 Å². The van der Waals surface area contributed by atoms with E-state index in [1.807, 2.05) is 12.1 Å². The Labute approximate surface area is 184 Å². The Morgan fingerprint density at radius 1 is 0.935 bits per heavy atom. The first-order chi connectivity index (χ1) is 14.9. The van der Waals surface area contributed by atoms with Crippen molar-refractivity contribution >= 4 is 16.6 Å². The number of rotatable bonds is 6. The highest BCUT2D eigenvalue weighted by molar-refractivity contribution is 6.05. The van der Waals surface area contributed by atoms with Crippen LogP contribution in [0.4, 0.5) is 5.69 Å². The number of nitrogen functional groups attached to an aromatic ring is 1. The van der Waals surface area contributed by atoms with Gasteiger partial charge in [-0.25, -0.2) is 0 Å². The molecule has 0 saturated carbocycles. The number of nitrogens with two attached hydrogens (primary N) is 1. The molecule has 3 aromatic carbocycles. The second kappa shape index (κ2) is 8.50. The summed E-state index contributed by atoms with van der Waals surface area (Å²) in [6.45, 7) is 8.55. The third kappa shape index (κ3) is 3.81. The molecule has 0 aliphatic carbocycles. The highest BCUT2D eigenvalue weighted by Gasteiger charge is 2.22. The fourth-order valence-electron chi connectivity index (χ4n) is 4.75. The van der Waals surface area contributed by atoms with Gasteiger partial charge in [-0.15, -0.1) is 0 Å². The molecule has 0 aliphatic rings. The molecule has 0 spiro atoms. The lowest BCUT2D eigenvalue weighted by Crippen LogP contribution is -2.03. The predicted octanol–water partition coefficient (Wildman–Crippen LogP) is 7.31. The maximum absolute atomic E-state index is 10.9. The molecule has 1 aromatic heterocycles. The third-order valence-electron chi connectivity index (χ3n) is 6.19. The molecule has 4 aromatic rings. The van der Waals surface area contributed by atoms with E-state index < -0.39 is 0 Å². The molecule has 0 atom stereocenters. The number of phenolic OH excluding ortho intramolecular Hbond substituents is 1. The van der Waals surface area contributed by atoms with Gasteiger partial charge >= 0.3 is 0 Å². The smallest absolute Gasteiger partial charge is 0.121 e. The Hall–Kier alpha value is -3.20. The number of hydrogen-bond acceptors (Lipinski definition) is 2. The van der Waals surface area contributed by atoms with Crippen LogP contribution in [0.5, 0.6) is 5.75 Å². The molecule has 0 amide bonds. The molecule has 3 nitrogen and oxygen atoms in total. The Morgan fingerprint density at radius 3 is 2.32 bits per heavy atom. The molecule has 160 valence electrons. The zero-order valence-corrected chi connectivity index (χ0v) is 19.0. The summed E-state index contributed by atoms with van der Waals surface area (Å²) in [5.74, 6) is 0.301. The van der Waals surface area contributed by atoms with Crippen molar-refractivity contribution in [1.82, 2.24) is 4.98 Å². The number of benzene rings is 3. The third-order valence-corrected chi connectivity index (χ3v) is 6.19. The van der Waals surface area contributed by atoms with Crippen molar-refractivity contribution in [3.05, 3.63) is 70.8 Å². The number of H-pyrrole nitrogens is 1. The van der Waals surface area contributed by atoms with E-state index in [0.29, 0.717) is 5.75 Å². The van der Waals surface area contributed by atoms with Gasteiger partial charge in [0.25, 0.3) is 0 Å². The standard InChI is InChI=1S/C28H32N2O/c1-5-7-10-22-25(31)16-23(20(6-2)27(22)29)26-21-11-8-9-12-24(21)30-28(26)19-14-17(3)13-18(4)15-19/h8-9,11-16,30-31H,5-7,10,29H2,1-4H3. The fourth-order valence-corrected chi connectivity index (χ4v) is 4.75. The van der Waals surface area contributed by atoms with Gasteiger partial charge in [-0.05, 0) is 74.1 Å². The molecule has 4 N–H and O–H groups in total. The normalized spacial score (nSPS) is 11.4. The lowest BCUT2D eigenvalue weighted by Gasteiger charge is -2.18. The van der Waals surface area contributed by atoms with Gasteiger partial charge in [-0.3, -0.25) is 0 Å². The summed E-state index contributed by atoms with van der Waals surface area (Å²) in [7, 11) is 0. The van der Waals surface area contributed by atoms with E-state index in [1.54, 1.807) is 0 Å². The van der Waals surface area contributed by atoms with E-state index in [4.69, 9.17) is 5.73 Å². The molecule has 0 fully saturated rings. The van der Waals surface area contributed by atoms with Crippen LogP contribution in [0.1, 0.15) is 48.9 Å².